The van der Waals surface area contributed by atoms with Gasteiger partial charge in [-0.25, -0.2) is 9.36 Å². The first-order valence-corrected chi connectivity index (χ1v) is 7.86. The molecule has 0 aromatic carbocycles. The van der Waals surface area contributed by atoms with Gasteiger partial charge in [-0.2, -0.15) is 0 Å². The third-order valence-electron chi connectivity index (χ3n) is 3.72. The van der Waals surface area contributed by atoms with E-state index in [9.17, 15) is 9.90 Å². The zero-order valence-electron chi connectivity index (χ0n) is 12.9. The topological polar surface area (TPSA) is 41.2 Å². The third-order valence-corrected chi connectivity index (χ3v) is 3.72. The van der Waals surface area contributed by atoms with E-state index in [1.165, 1.54) is 44.9 Å². The molecule has 0 saturated heterocycles. The van der Waals surface area contributed by atoms with Gasteiger partial charge in [-0.1, -0.05) is 51.9 Å². The summed E-state index contributed by atoms with van der Waals surface area (Å²) in [6, 6.07) is 1.94. The number of carboxylic acid groups (broad SMARTS) is 1. The van der Waals surface area contributed by atoms with Crippen molar-refractivity contribution < 1.29 is 14.5 Å². The Morgan fingerprint density at radius 2 is 1.70 bits per heavy atom. The molecule has 0 saturated carbocycles. The summed E-state index contributed by atoms with van der Waals surface area (Å²) >= 11 is 0. The predicted molar refractivity (Wildman–Crippen MR) is 80.9 cm³/mol. The summed E-state index contributed by atoms with van der Waals surface area (Å²) in [5.74, 6) is -0.823. The van der Waals surface area contributed by atoms with Crippen LogP contribution in [-0.4, -0.2) is 11.1 Å². The van der Waals surface area contributed by atoms with E-state index in [0.29, 0.717) is 5.56 Å². The number of carbonyl (C=O) groups is 1. The summed E-state index contributed by atoms with van der Waals surface area (Å²) in [5, 5.41) is 9.20. The highest BCUT2D eigenvalue weighted by atomic mass is 16.4. The van der Waals surface area contributed by atoms with Crippen molar-refractivity contribution in [3.8, 4) is 0 Å². The Balaban J connectivity index is 2.27. The van der Waals surface area contributed by atoms with Gasteiger partial charge in [0.1, 0.15) is 12.6 Å². The van der Waals surface area contributed by atoms with Crippen LogP contribution in [0.3, 0.4) is 0 Å². The number of carboxylic acids is 1. The first kappa shape index (κ1) is 16.7. The summed E-state index contributed by atoms with van der Waals surface area (Å²) in [4.78, 5) is 11.2. The van der Waals surface area contributed by atoms with Gasteiger partial charge >= 0.3 is 5.97 Å². The van der Waals surface area contributed by atoms with Crippen molar-refractivity contribution in [3.63, 3.8) is 0 Å². The van der Waals surface area contributed by atoms with Gasteiger partial charge in [0.2, 0.25) is 0 Å². The summed E-state index contributed by atoms with van der Waals surface area (Å²) in [6.07, 6.45) is 14.7. The average Bonchev–Trinajstić information content (AvgIpc) is 2.43. The second-order valence-corrected chi connectivity index (χ2v) is 5.58. The maximum absolute atomic E-state index is 11.2. The zero-order valence-corrected chi connectivity index (χ0v) is 12.9. The van der Waals surface area contributed by atoms with E-state index in [0.717, 1.165) is 18.4 Å². The van der Waals surface area contributed by atoms with Crippen molar-refractivity contribution in [2.24, 2.45) is 7.05 Å². The van der Waals surface area contributed by atoms with Crippen molar-refractivity contribution >= 4 is 5.97 Å². The number of nitrogens with zero attached hydrogens (tertiary/aromatic N) is 1. The van der Waals surface area contributed by atoms with Gasteiger partial charge in [0.05, 0.1) is 0 Å². The van der Waals surface area contributed by atoms with E-state index in [1.807, 2.05) is 19.3 Å². The molecular formula is C17H28NO2+. The summed E-state index contributed by atoms with van der Waals surface area (Å²) in [7, 11) is 1.85. The van der Waals surface area contributed by atoms with Crippen LogP contribution < -0.4 is 4.57 Å². The molecule has 3 heteroatoms. The lowest BCUT2D eigenvalue weighted by molar-refractivity contribution is -0.671. The van der Waals surface area contributed by atoms with Gasteiger partial charge < -0.3 is 5.11 Å². The maximum atomic E-state index is 11.2. The van der Waals surface area contributed by atoms with Gasteiger partial charge in [-0.05, 0) is 18.4 Å². The lowest BCUT2D eigenvalue weighted by Crippen LogP contribution is -2.29. The lowest BCUT2D eigenvalue weighted by Gasteiger charge is -2.05. The van der Waals surface area contributed by atoms with Crippen LogP contribution in [0.4, 0.5) is 0 Å². The number of aromatic nitrogens is 1. The second-order valence-electron chi connectivity index (χ2n) is 5.58. The molecule has 1 heterocycles. The van der Waals surface area contributed by atoms with Crippen molar-refractivity contribution in [2.45, 2.75) is 64.7 Å². The molecular weight excluding hydrogens is 250 g/mol. The van der Waals surface area contributed by atoms with E-state index in [2.05, 4.69) is 6.92 Å². The fourth-order valence-electron chi connectivity index (χ4n) is 2.49. The van der Waals surface area contributed by atoms with Crippen LogP contribution in [0, 0.1) is 0 Å². The molecule has 0 fully saturated rings. The van der Waals surface area contributed by atoms with Gasteiger partial charge in [0.15, 0.2) is 12.4 Å². The molecule has 20 heavy (non-hydrogen) atoms. The monoisotopic (exact) mass is 278 g/mol. The minimum Gasteiger partial charge on any atom is -0.477 e. The molecule has 0 amide bonds. The Labute approximate surface area is 122 Å². The SMILES string of the molecule is CCCCCCCCCCc1cc[n+](C)cc1C(=O)O. The molecule has 0 aliphatic carbocycles. The van der Waals surface area contributed by atoms with Crippen LogP contribution in [0.2, 0.25) is 0 Å². The highest BCUT2D eigenvalue weighted by molar-refractivity contribution is 5.88. The number of hydrogen-bond donors (Lipinski definition) is 1. The number of hydrogen-bond acceptors (Lipinski definition) is 1. The van der Waals surface area contributed by atoms with Crippen LogP contribution in [0.15, 0.2) is 18.5 Å². The molecule has 0 bridgehead atoms. The summed E-state index contributed by atoms with van der Waals surface area (Å²) in [5.41, 5.74) is 1.40. The highest BCUT2D eigenvalue weighted by Crippen LogP contribution is 2.13. The molecule has 1 aromatic rings. The molecule has 1 N–H and O–H groups in total. The van der Waals surface area contributed by atoms with Crippen LogP contribution in [-0.2, 0) is 13.5 Å². The Morgan fingerprint density at radius 1 is 1.10 bits per heavy atom. The fourth-order valence-corrected chi connectivity index (χ4v) is 2.49. The van der Waals surface area contributed by atoms with Crippen molar-refractivity contribution in [1.29, 1.82) is 0 Å². The van der Waals surface area contributed by atoms with Gasteiger partial charge in [0.25, 0.3) is 0 Å². The first-order valence-electron chi connectivity index (χ1n) is 7.86. The van der Waals surface area contributed by atoms with E-state index in [-0.39, 0.29) is 0 Å². The third kappa shape index (κ3) is 6.18. The van der Waals surface area contributed by atoms with Crippen LogP contribution in [0.1, 0.15) is 74.2 Å². The quantitative estimate of drug-likeness (QED) is 0.521. The maximum Gasteiger partial charge on any atom is 0.342 e. The molecule has 0 unspecified atom stereocenters. The largest absolute Gasteiger partial charge is 0.477 e. The van der Waals surface area contributed by atoms with E-state index in [4.69, 9.17) is 0 Å². The smallest absolute Gasteiger partial charge is 0.342 e. The number of unbranched alkanes of at least 4 members (excludes halogenated alkanes) is 7. The molecule has 1 aromatic heterocycles. The molecule has 3 nitrogen and oxygen atoms in total. The van der Waals surface area contributed by atoms with Crippen LogP contribution in [0.5, 0.6) is 0 Å². The highest BCUT2D eigenvalue weighted by Gasteiger charge is 2.13. The minimum absolute atomic E-state index is 0.443. The van der Waals surface area contributed by atoms with Crippen molar-refractivity contribution in [3.05, 3.63) is 29.6 Å². The van der Waals surface area contributed by atoms with Gasteiger partial charge in [-0.15, -0.1) is 0 Å². The molecule has 0 aliphatic rings. The summed E-state index contributed by atoms with van der Waals surface area (Å²) in [6.45, 7) is 2.24. The Kier molecular flexibility index (Phi) is 7.93. The van der Waals surface area contributed by atoms with E-state index in [1.54, 1.807) is 10.8 Å². The minimum atomic E-state index is -0.823. The van der Waals surface area contributed by atoms with Crippen LogP contribution >= 0.6 is 0 Å². The average molecular weight is 278 g/mol. The van der Waals surface area contributed by atoms with Gasteiger partial charge in [0, 0.05) is 6.07 Å². The van der Waals surface area contributed by atoms with E-state index >= 15 is 0 Å². The first-order chi connectivity index (χ1) is 9.65. The van der Waals surface area contributed by atoms with E-state index < -0.39 is 5.97 Å². The molecule has 0 radical (unpaired) electrons. The molecule has 0 spiro atoms. The van der Waals surface area contributed by atoms with Gasteiger partial charge in [-0.3, -0.25) is 0 Å². The lowest BCUT2D eigenvalue weighted by atomic mass is 10.0. The Hall–Kier alpha value is -1.38. The van der Waals surface area contributed by atoms with Crippen molar-refractivity contribution in [2.75, 3.05) is 0 Å². The normalized spacial score (nSPS) is 10.7. The fraction of sp³-hybridized carbons (Fsp3) is 0.647. The number of pyridine rings is 1. The molecule has 0 aliphatic heterocycles. The van der Waals surface area contributed by atoms with Crippen LogP contribution in [0.25, 0.3) is 0 Å². The number of aryl methyl sites for hydroxylation is 2. The number of aromatic carboxylic acids is 1. The molecule has 0 atom stereocenters. The number of rotatable bonds is 10. The Morgan fingerprint density at radius 3 is 2.30 bits per heavy atom. The Bertz CT molecular complexity index is 415. The van der Waals surface area contributed by atoms with Crippen molar-refractivity contribution in [1.82, 2.24) is 0 Å². The standard InChI is InChI=1S/C17H27NO2/c1-3-4-5-6-7-8-9-10-11-15-12-13-18(2)14-16(15)17(19)20/h12-14H,3-11H2,1-2H3/p+1. The summed E-state index contributed by atoms with van der Waals surface area (Å²) < 4.78 is 1.79. The zero-order chi connectivity index (χ0) is 14.8. The molecule has 1 rings (SSSR count). The molecule has 112 valence electrons. The second kappa shape index (κ2) is 9.51. The predicted octanol–water partition coefficient (Wildman–Crippen LogP) is 3.89.